The Morgan fingerprint density at radius 1 is 1.42 bits per heavy atom. The van der Waals surface area contributed by atoms with Crippen LogP contribution in [0.3, 0.4) is 0 Å². The van der Waals surface area contributed by atoms with Gasteiger partial charge in [0.1, 0.15) is 16.5 Å². The maximum atomic E-state index is 12.5. The van der Waals surface area contributed by atoms with Gasteiger partial charge in [0.15, 0.2) is 11.5 Å². The number of aromatic nitrogens is 1. The van der Waals surface area contributed by atoms with E-state index in [9.17, 15) is 9.59 Å². The van der Waals surface area contributed by atoms with Gasteiger partial charge in [-0.25, -0.2) is 9.78 Å². The highest BCUT2D eigenvalue weighted by Gasteiger charge is 2.20. The second-order valence-corrected chi connectivity index (χ2v) is 6.46. The van der Waals surface area contributed by atoms with Crippen molar-refractivity contribution in [3.8, 4) is 11.5 Å². The van der Waals surface area contributed by atoms with Gasteiger partial charge in [0.2, 0.25) is 0 Å². The van der Waals surface area contributed by atoms with E-state index in [0.717, 1.165) is 11.3 Å². The normalized spacial score (nSPS) is 11.5. The largest absolute Gasteiger partial charge is 0.493 e. The third kappa shape index (κ3) is 4.40. The molecule has 2 N–H and O–H groups in total. The van der Waals surface area contributed by atoms with Gasteiger partial charge in [-0.2, -0.15) is 0 Å². The number of ether oxygens (including phenoxy) is 2. The molecule has 0 aliphatic carbocycles. The van der Waals surface area contributed by atoms with E-state index in [0.29, 0.717) is 34.4 Å². The number of nitrogens with one attached hydrogen (secondary N) is 1. The average molecular weight is 376 g/mol. The quantitative estimate of drug-likeness (QED) is 0.687. The second-order valence-electron chi connectivity index (χ2n) is 5.43. The minimum atomic E-state index is -1.02. The van der Waals surface area contributed by atoms with E-state index < -0.39 is 12.0 Å². The van der Waals surface area contributed by atoms with Crippen LogP contribution in [0, 0.1) is 6.92 Å². The van der Waals surface area contributed by atoms with E-state index in [1.165, 1.54) is 7.11 Å². The topological polar surface area (TPSA) is 97.8 Å². The highest BCUT2D eigenvalue weighted by atomic mass is 32.1. The fourth-order valence-electron chi connectivity index (χ4n) is 2.22. The zero-order valence-corrected chi connectivity index (χ0v) is 15.6. The molecule has 8 heteroatoms. The molecule has 26 heavy (non-hydrogen) atoms. The SMILES string of the molecule is C=CCOc1ccc(C(=O)NC(C)c2nc(C)c(C(=O)O)s2)cc1OC. The van der Waals surface area contributed by atoms with E-state index in [-0.39, 0.29) is 10.8 Å². The number of hydrogen-bond acceptors (Lipinski definition) is 6. The Labute approximate surface area is 155 Å². The van der Waals surface area contributed by atoms with E-state index in [4.69, 9.17) is 14.6 Å². The van der Waals surface area contributed by atoms with Crippen LogP contribution in [0.15, 0.2) is 30.9 Å². The highest BCUT2D eigenvalue weighted by molar-refractivity contribution is 7.13. The predicted octanol–water partition coefficient (Wildman–Crippen LogP) is 3.21. The molecule has 0 aliphatic heterocycles. The van der Waals surface area contributed by atoms with Crippen LogP contribution in [0.2, 0.25) is 0 Å². The third-order valence-electron chi connectivity index (χ3n) is 3.51. The van der Waals surface area contributed by atoms with Crippen LogP contribution < -0.4 is 14.8 Å². The summed E-state index contributed by atoms with van der Waals surface area (Å²) >= 11 is 1.05. The number of aromatic carboxylic acids is 1. The fourth-order valence-corrected chi connectivity index (χ4v) is 3.13. The minimum absolute atomic E-state index is 0.173. The number of methoxy groups -OCH3 is 1. The monoisotopic (exact) mass is 376 g/mol. The molecular weight excluding hydrogens is 356 g/mol. The Hall–Kier alpha value is -2.87. The van der Waals surface area contributed by atoms with Gasteiger partial charge in [-0.15, -0.1) is 11.3 Å². The summed E-state index contributed by atoms with van der Waals surface area (Å²) in [5.74, 6) is -0.399. The first-order valence-corrected chi connectivity index (χ1v) is 8.62. The standard InChI is InChI=1S/C18H20N2O5S/c1-5-8-25-13-7-6-12(9-14(13)24-4)16(21)19-11(3)17-20-10(2)15(26-17)18(22)23/h5-7,9,11H,1,8H2,2-4H3,(H,19,21)(H,22,23). The molecule has 0 spiro atoms. The van der Waals surface area contributed by atoms with Gasteiger partial charge in [0.05, 0.1) is 18.8 Å². The molecule has 0 fully saturated rings. The molecule has 2 rings (SSSR count). The lowest BCUT2D eigenvalue weighted by molar-refractivity contribution is 0.0701. The van der Waals surface area contributed by atoms with Crippen LogP contribution in [0.4, 0.5) is 0 Å². The zero-order valence-electron chi connectivity index (χ0n) is 14.7. The van der Waals surface area contributed by atoms with Gasteiger partial charge in [0, 0.05) is 5.56 Å². The van der Waals surface area contributed by atoms with Crippen molar-refractivity contribution in [2.45, 2.75) is 19.9 Å². The van der Waals surface area contributed by atoms with Crippen LogP contribution >= 0.6 is 11.3 Å². The number of carboxylic acid groups (broad SMARTS) is 1. The van der Waals surface area contributed by atoms with Crippen molar-refractivity contribution in [3.63, 3.8) is 0 Å². The molecule has 1 aromatic carbocycles. The summed E-state index contributed by atoms with van der Waals surface area (Å²) in [5, 5.41) is 12.5. The summed E-state index contributed by atoms with van der Waals surface area (Å²) in [6.45, 7) is 7.29. The highest BCUT2D eigenvalue weighted by Crippen LogP contribution is 2.29. The third-order valence-corrected chi connectivity index (χ3v) is 4.84. The Morgan fingerprint density at radius 2 is 2.15 bits per heavy atom. The summed E-state index contributed by atoms with van der Waals surface area (Å²) in [6, 6.07) is 4.43. The molecule has 1 aromatic heterocycles. The van der Waals surface area contributed by atoms with Gasteiger partial charge in [-0.3, -0.25) is 4.79 Å². The van der Waals surface area contributed by atoms with Gasteiger partial charge < -0.3 is 19.9 Å². The first-order chi connectivity index (χ1) is 12.4. The van der Waals surface area contributed by atoms with E-state index in [1.807, 2.05) is 0 Å². The predicted molar refractivity (Wildman–Crippen MR) is 98.4 cm³/mol. The molecule has 138 valence electrons. The van der Waals surface area contributed by atoms with Crippen LogP contribution in [0.1, 0.15) is 43.7 Å². The number of aryl methyl sites for hydroxylation is 1. The Kier molecular flexibility index (Phi) is 6.35. The van der Waals surface area contributed by atoms with Crippen molar-refractivity contribution in [2.24, 2.45) is 0 Å². The molecule has 1 amide bonds. The molecule has 0 saturated heterocycles. The number of carbonyl (C=O) groups excluding carboxylic acids is 1. The van der Waals surface area contributed by atoms with Gasteiger partial charge in [-0.1, -0.05) is 12.7 Å². The van der Waals surface area contributed by atoms with Crippen LogP contribution in [-0.4, -0.2) is 35.7 Å². The first-order valence-electron chi connectivity index (χ1n) is 7.80. The molecule has 1 heterocycles. The lowest BCUT2D eigenvalue weighted by Crippen LogP contribution is -2.26. The number of nitrogens with zero attached hydrogens (tertiary/aromatic N) is 1. The summed E-state index contributed by atoms with van der Waals surface area (Å²) < 4.78 is 10.7. The van der Waals surface area contributed by atoms with Crippen molar-refractivity contribution < 1.29 is 24.2 Å². The van der Waals surface area contributed by atoms with Gasteiger partial charge in [-0.05, 0) is 32.0 Å². The summed E-state index contributed by atoms with van der Waals surface area (Å²) in [7, 11) is 1.49. The number of amides is 1. The molecule has 0 saturated carbocycles. The molecule has 7 nitrogen and oxygen atoms in total. The van der Waals surface area contributed by atoms with Crippen molar-refractivity contribution >= 4 is 23.2 Å². The van der Waals surface area contributed by atoms with Crippen molar-refractivity contribution in [1.29, 1.82) is 0 Å². The molecule has 0 bridgehead atoms. The molecule has 2 aromatic rings. The van der Waals surface area contributed by atoms with Crippen molar-refractivity contribution in [1.82, 2.24) is 10.3 Å². The second kappa shape index (κ2) is 8.48. The Morgan fingerprint density at radius 3 is 2.73 bits per heavy atom. The van der Waals surface area contributed by atoms with Gasteiger partial charge in [0.25, 0.3) is 5.91 Å². The molecule has 0 aliphatic rings. The maximum absolute atomic E-state index is 12.5. The van der Waals surface area contributed by atoms with Gasteiger partial charge >= 0.3 is 5.97 Å². The number of benzene rings is 1. The summed E-state index contributed by atoms with van der Waals surface area (Å²) in [6.07, 6.45) is 1.61. The Balaban J connectivity index is 2.14. The number of thiazole rings is 1. The lowest BCUT2D eigenvalue weighted by atomic mass is 10.1. The number of carboxylic acids is 1. The molecular formula is C18H20N2O5S. The fraction of sp³-hybridized carbons (Fsp3) is 0.278. The van der Waals surface area contributed by atoms with Crippen LogP contribution in [0.25, 0.3) is 0 Å². The lowest BCUT2D eigenvalue weighted by Gasteiger charge is -2.13. The first kappa shape index (κ1) is 19.5. The molecule has 0 radical (unpaired) electrons. The molecule has 1 unspecified atom stereocenters. The summed E-state index contributed by atoms with van der Waals surface area (Å²) in [4.78, 5) is 28.0. The minimum Gasteiger partial charge on any atom is -0.493 e. The van der Waals surface area contributed by atoms with E-state index in [2.05, 4.69) is 16.9 Å². The van der Waals surface area contributed by atoms with Crippen LogP contribution in [-0.2, 0) is 0 Å². The molecule has 1 atom stereocenters. The summed E-state index contributed by atoms with van der Waals surface area (Å²) in [5.41, 5.74) is 0.829. The number of hydrogen-bond donors (Lipinski definition) is 2. The number of rotatable bonds is 8. The van der Waals surface area contributed by atoms with Crippen molar-refractivity contribution in [2.75, 3.05) is 13.7 Å². The zero-order chi connectivity index (χ0) is 19.3. The maximum Gasteiger partial charge on any atom is 0.347 e. The smallest absolute Gasteiger partial charge is 0.347 e. The van der Waals surface area contributed by atoms with E-state index >= 15 is 0 Å². The van der Waals surface area contributed by atoms with E-state index in [1.54, 1.807) is 38.1 Å². The Bertz CT molecular complexity index is 831. The number of carbonyl (C=O) groups is 2. The van der Waals surface area contributed by atoms with Crippen LogP contribution in [0.5, 0.6) is 11.5 Å². The van der Waals surface area contributed by atoms with Crippen molar-refractivity contribution in [3.05, 3.63) is 52.0 Å². The average Bonchev–Trinajstić information content (AvgIpc) is 3.01.